The SMILES string of the molecule is CC(CC(C)(C)c1ccccc1)N[C@H](Cc1ccccc1)C(=O)O. The van der Waals surface area contributed by atoms with Gasteiger partial charge in [0, 0.05) is 6.04 Å². The van der Waals surface area contributed by atoms with E-state index in [9.17, 15) is 9.90 Å². The first-order chi connectivity index (χ1) is 11.4. The molecule has 0 aromatic heterocycles. The van der Waals surface area contributed by atoms with Gasteiger partial charge in [0.15, 0.2) is 0 Å². The number of benzene rings is 2. The van der Waals surface area contributed by atoms with Crippen molar-refractivity contribution in [1.29, 1.82) is 0 Å². The Morgan fingerprint density at radius 3 is 2.12 bits per heavy atom. The summed E-state index contributed by atoms with van der Waals surface area (Å²) in [5, 5.41) is 12.8. The van der Waals surface area contributed by atoms with Crippen LogP contribution in [-0.2, 0) is 16.6 Å². The van der Waals surface area contributed by atoms with Crippen LogP contribution in [0.5, 0.6) is 0 Å². The van der Waals surface area contributed by atoms with Crippen LogP contribution < -0.4 is 5.32 Å². The van der Waals surface area contributed by atoms with Gasteiger partial charge >= 0.3 is 5.97 Å². The maximum Gasteiger partial charge on any atom is 0.321 e. The quantitative estimate of drug-likeness (QED) is 0.770. The molecule has 0 bridgehead atoms. The van der Waals surface area contributed by atoms with Crippen LogP contribution >= 0.6 is 0 Å². The molecule has 0 aliphatic rings. The number of nitrogens with one attached hydrogen (secondary N) is 1. The molecule has 3 heteroatoms. The van der Waals surface area contributed by atoms with Gasteiger partial charge in [0.2, 0.25) is 0 Å². The molecule has 1 unspecified atom stereocenters. The average Bonchev–Trinajstić information content (AvgIpc) is 2.55. The molecule has 2 aromatic carbocycles. The lowest BCUT2D eigenvalue weighted by molar-refractivity contribution is -0.139. The fourth-order valence-electron chi connectivity index (χ4n) is 3.24. The highest BCUT2D eigenvalue weighted by Gasteiger charge is 2.26. The Bertz CT molecular complexity index is 637. The summed E-state index contributed by atoms with van der Waals surface area (Å²) in [7, 11) is 0. The molecule has 0 aliphatic carbocycles. The van der Waals surface area contributed by atoms with E-state index in [4.69, 9.17) is 0 Å². The van der Waals surface area contributed by atoms with Crippen LogP contribution in [0.3, 0.4) is 0 Å². The zero-order valence-corrected chi connectivity index (χ0v) is 14.7. The summed E-state index contributed by atoms with van der Waals surface area (Å²) in [6, 6.07) is 19.7. The number of carbonyl (C=O) groups is 1. The van der Waals surface area contributed by atoms with Crippen LogP contribution in [0.2, 0.25) is 0 Å². The van der Waals surface area contributed by atoms with Crippen LogP contribution in [0, 0.1) is 0 Å². The van der Waals surface area contributed by atoms with Crippen molar-refractivity contribution >= 4 is 5.97 Å². The van der Waals surface area contributed by atoms with Gasteiger partial charge in [0.25, 0.3) is 0 Å². The van der Waals surface area contributed by atoms with Crippen LogP contribution in [0.15, 0.2) is 60.7 Å². The van der Waals surface area contributed by atoms with E-state index in [2.05, 4.69) is 38.2 Å². The molecule has 0 saturated carbocycles. The van der Waals surface area contributed by atoms with Crippen molar-refractivity contribution in [2.24, 2.45) is 0 Å². The zero-order valence-electron chi connectivity index (χ0n) is 14.7. The van der Waals surface area contributed by atoms with Crippen molar-refractivity contribution in [2.45, 2.75) is 51.1 Å². The van der Waals surface area contributed by atoms with E-state index in [-0.39, 0.29) is 11.5 Å². The summed E-state index contributed by atoms with van der Waals surface area (Å²) in [5.74, 6) is -0.803. The minimum atomic E-state index is -0.803. The Hall–Kier alpha value is -2.13. The lowest BCUT2D eigenvalue weighted by Gasteiger charge is -2.30. The van der Waals surface area contributed by atoms with Gasteiger partial charge in [0.05, 0.1) is 0 Å². The van der Waals surface area contributed by atoms with Gasteiger partial charge in [0.1, 0.15) is 6.04 Å². The first-order valence-corrected chi connectivity index (χ1v) is 8.47. The molecule has 2 rings (SSSR count). The van der Waals surface area contributed by atoms with Crippen LogP contribution in [0.4, 0.5) is 0 Å². The van der Waals surface area contributed by atoms with E-state index in [1.807, 2.05) is 48.5 Å². The molecule has 24 heavy (non-hydrogen) atoms. The summed E-state index contributed by atoms with van der Waals surface area (Å²) >= 11 is 0. The van der Waals surface area contributed by atoms with E-state index in [1.54, 1.807) is 0 Å². The van der Waals surface area contributed by atoms with Crippen LogP contribution in [0.1, 0.15) is 38.3 Å². The second-order valence-electron chi connectivity index (χ2n) is 7.10. The number of aliphatic carboxylic acids is 1. The maximum absolute atomic E-state index is 11.6. The van der Waals surface area contributed by atoms with E-state index >= 15 is 0 Å². The molecule has 2 aromatic rings. The molecule has 0 fully saturated rings. The number of carboxylic acid groups (broad SMARTS) is 1. The highest BCUT2D eigenvalue weighted by molar-refractivity contribution is 5.74. The lowest BCUT2D eigenvalue weighted by Crippen LogP contribution is -2.45. The van der Waals surface area contributed by atoms with E-state index < -0.39 is 12.0 Å². The zero-order chi connectivity index (χ0) is 17.6. The minimum Gasteiger partial charge on any atom is -0.480 e. The average molecular weight is 325 g/mol. The van der Waals surface area contributed by atoms with E-state index in [1.165, 1.54) is 5.56 Å². The fraction of sp³-hybridized carbons (Fsp3) is 0.381. The minimum absolute atomic E-state index is 0.0104. The van der Waals surface area contributed by atoms with Gasteiger partial charge in [-0.15, -0.1) is 0 Å². The number of hydrogen-bond donors (Lipinski definition) is 2. The van der Waals surface area contributed by atoms with Crippen LogP contribution in [-0.4, -0.2) is 23.2 Å². The third-order valence-electron chi connectivity index (χ3n) is 4.44. The molecule has 0 aliphatic heterocycles. The lowest BCUT2D eigenvalue weighted by atomic mass is 9.79. The Kier molecular flexibility index (Phi) is 6.16. The number of rotatable bonds is 8. The van der Waals surface area contributed by atoms with Gasteiger partial charge in [-0.2, -0.15) is 0 Å². The number of hydrogen-bond acceptors (Lipinski definition) is 2. The van der Waals surface area contributed by atoms with Crippen molar-refractivity contribution in [2.75, 3.05) is 0 Å². The molecule has 0 amide bonds. The van der Waals surface area contributed by atoms with Crippen molar-refractivity contribution in [3.63, 3.8) is 0 Å². The summed E-state index contributed by atoms with van der Waals surface area (Å²) in [5.41, 5.74) is 2.30. The Labute approximate surface area is 144 Å². The highest BCUT2D eigenvalue weighted by Crippen LogP contribution is 2.28. The van der Waals surface area contributed by atoms with Gasteiger partial charge < -0.3 is 10.4 Å². The van der Waals surface area contributed by atoms with Gasteiger partial charge in [-0.25, -0.2) is 0 Å². The molecule has 0 saturated heterocycles. The summed E-state index contributed by atoms with van der Waals surface area (Å²) < 4.78 is 0. The molecule has 0 heterocycles. The van der Waals surface area contributed by atoms with Gasteiger partial charge in [-0.3, -0.25) is 4.79 Å². The second-order valence-corrected chi connectivity index (χ2v) is 7.10. The Balaban J connectivity index is 2.00. The van der Waals surface area contributed by atoms with Gasteiger partial charge in [-0.1, -0.05) is 74.5 Å². The summed E-state index contributed by atoms with van der Waals surface area (Å²) in [6.45, 7) is 6.46. The number of carboxylic acids is 1. The van der Waals surface area contributed by atoms with E-state index in [0.29, 0.717) is 6.42 Å². The molecule has 2 atom stereocenters. The molecule has 2 N–H and O–H groups in total. The summed E-state index contributed by atoms with van der Waals surface area (Å²) in [6.07, 6.45) is 1.36. The monoisotopic (exact) mass is 325 g/mol. The first kappa shape index (κ1) is 18.2. The van der Waals surface area contributed by atoms with Crippen LogP contribution in [0.25, 0.3) is 0 Å². The molecular formula is C21H27NO2. The van der Waals surface area contributed by atoms with Crippen molar-refractivity contribution in [3.8, 4) is 0 Å². The van der Waals surface area contributed by atoms with E-state index in [0.717, 1.165) is 12.0 Å². The standard InChI is InChI=1S/C21H27NO2/c1-16(15-21(2,3)18-12-8-5-9-13-18)22-19(20(23)24)14-17-10-6-4-7-11-17/h4-13,16,19,22H,14-15H2,1-3H3,(H,23,24)/t16?,19-/m1/s1. The van der Waals surface area contributed by atoms with Crippen molar-refractivity contribution in [3.05, 3.63) is 71.8 Å². The molecule has 0 spiro atoms. The molecule has 0 radical (unpaired) electrons. The smallest absolute Gasteiger partial charge is 0.321 e. The Morgan fingerprint density at radius 1 is 1.04 bits per heavy atom. The summed E-state index contributed by atoms with van der Waals surface area (Å²) in [4.78, 5) is 11.6. The molecular weight excluding hydrogens is 298 g/mol. The Morgan fingerprint density at radius 2 is 1.58 bits per heavy atom. The largest absolute Gasteiger partial charge is 0.480 e. The molecule has 128 valence electrons. The third kappa shape index (κ3) is 5.20. The topological polar surface area (TPSA) is 49.3 Å². The molecule has 3 nitrogen and oxygen atoms in total. The maximum atomic E-state index is 11.6. The normalized spacial score (nSPS) is 14.1. The van der Waals surface area contributed by atoms with Gasteiger partial charge in [-0.05, 0) is 36.3 Å². The highest BCUT2D eigenvalue weighted by atomic mass is 16.4. The van der Waals surface area contributed by atoms with Crippen molar-refractivity contribution < 1.29 is 9.90 Å². The predicted molar refractivity (Wildman–Crippen MR) is 98.3 cm³/mol. The predicted octanol–water partition coefficient (Wildman–Crippen LogP) is 4.03. The fourth-order valence-corrected chi connectivity index (χ4v) is 3.24. The second kappa shape index (κ2) is 8.11. The van der Waals surface area contributed by atoms with Crippen molar-refractivity contribution in [1.82, 2.24) is 5.32 Å². The first-order valence-electron chi connectivity index (χ1n) is 8.47. The third-order valence-corrected chi connectivity index (χ3v) is 4.44.